The second-order valence-electron chi connectivity index (χ2n) is 18.9. The van der Waals surface area contributed by atoms with Gasteiger partial charge in [0.1, 0.15) is 0 Å². The molecule has 0 aliphatic heterocycles. The van der Waals surface area contributed by atoms with Gasteiger partial charge in [-0.15, -0.1) is 0 Å². The number of benzene rings is 2. The van der Waals surface area contributed by atoms with Gasteiger partial charge in [0.25, 0.3) is 0 Å². The van der Waals surface area contributed by atoms with Crippen LogP contribution in [0.2, 0.25) is 0 Å². The minimum atomic E-state index is -0.103. The lowest BCUT2D eigenvalue weighted by molar-refractivity contribution is 0.103. The molecule has 0 atom stereocenters. The fourth-order valence-corrected chi connectivity index (χ4v) is 8.23. The Bertz CT molecular complexity index is 1460. The summed E-state index contributed by atoms with van der Waals surface area (Å²) in [6.45, 7) is 12.7. The molecule has 2 N–H and O–H groups in total. The molecule has 0 aliphatic carbocycles. The molecule has 8 nitrogen and oxygen atoms in total. The summed E-state index contributed by atoms with van der Waals surface area (Å²) < 4.78 is 24.9. The van der Waals surface area contributed by atoms with E-state index in [1.165, 1.54) is 167 Å². The second-order valence-corrected chi connectivity index (χ2v) is 18.9. The van der Waals surface area contributed by atoms with Crippen LogP contribution < -0.4 is 29.6 Å². The first kappa shape index (κ1) is 60.2. The molecule has 68 heavy (non-hydrogen) atoms. The monoisotopic (exact) mass is 945 g/mol. The molecule has 0 fully saturated rings. The minimum absolute atomic E-state index is 0.103. The molecule has 0 bridgehead atoms. The maximum atomic E-state index is 13.2. The Morgan fingerprint density at radius 2 is 0.603 bits per heavy atom. The van der Waals surface area contributed by atoms with Gasteiger partial charge in [-0.05, 0) is 62.1 Å². The van der Waals surface area contributed by atoms with Crippen LogP contribution in [0.4, 0.5) is 0 Å². The summed E-state index contributed by atoms with van der Waals surface area (Å²) >= 11 is 0. The fraction of sp³-hybridized carbons (Fsp3) is 0.700. The van der Waals surface area contributed by atoms with E-state index >= 15 is 0 Å². The number of rotatable bonds is 49. The van der Waals surface area contributed by atoms with E-state index in [1.807, 2.05) is 36.4 Å². The predicted octanol–water partition coefficient (Wildman–Crippen LogP) is 17.0. The molecule has 0 radical (unpaired) electrons. The molecule has 2 rings (SSSR count). The molecule has 0 saturated heterocycles. The van der Waals surface area contributed by atoms with Crippen LogP contribution in [0.15, 0.2) is 61.0 Å². The number of carbonyl (C=O) groups excluding carboxylic acids is 2. The molecule has 0 heterocycles. The van der Waals surface area contributed by atoms with Gasteiger partial charge in [0.2, 0.25) is 0 Å². The summed E-state index contributed by atoms with van der Waals surface area (Å²) in [5, 5.41) is 6.37. The lowest BCUT2D eigenvalue weighted by Gasteiger charge is -2.14. The first-order valence-corrected chi connectivity index (χ1v) is 28.2. The highest BCUT2D eigenvalue weighted by molar-refractivity contribution is 6.05. The third-order valence-electron chi connectivity index (χ3n) is 12.6. The van der Waals surface area contributed by atoms with Gasteiger partial charge in [0.05, 0.1) is 26.4 Å². The average molecular weight is 945 g/mol. The van der Waals surface area contributed by atoms with Gasteiger partial charge < -0.3 is 29.6 Å². The van der Waals surface area contributed by atoms with E-state index < -0.39 is 0 Å². The average Bonchev–Trinajstić information content (AvgIpc) is 3.35. The third-order valence-corrected chi connectivity index (χ3v) is 12.6. The summed E-state index contributed by atoms with van der Waals surface area (Å²) in [5.74, 6) is 2.50. The largest absolute Gasteiger partial charge is 0.490 e. The zero-order chi connectivity index (χ0) is 48.8. The van der Waals surface area contributed by atoms with Crippen LogP contribution in [-0.2, 0) is 0 Å². The number of carbonyl (C=O) groups is 2. The summed E-state index contributed by atoms with van der Waals surface area (Å²) in [6.07, 6.45) is 46.2. The van der Waals surface area contributed by atoms with Crippen LogP contribution in [0.25, 0.3) is 0 Å². The van der Waals surface area contributed by atoms with Gasteiger partial charge in [-0.25, -0.2) is 0 Å². The van der Waals surface area contributed by atoms with Gasteiger partial charge in [-0.3, -0.25) is 9.59 Å². The summed E-state index contributed by atoms with van der Waals surface area (Å²) in [5.41, 5.74) is 1.13. The second kappa shape index (κ2) is 44.3. The van der Waals surface area contributed by atoms with E-state index in [4.69, 9.17) is 18.9 Å². The number of nitrogens with one attached hydrogen (secondary N) is 2. The number of unbranched alkanes of at least 4 members (excludes halogenated alkanes) is 28. The Morgan fingerprint density at radius 3 is 0.882 bits per heavy atom. The molecule has 0 aromatic heterocycles. The van der Waals surface area contributed by atoms with Crippen molar-refractivity contribution in [1.82, 2.24) is 10.6 Å². The van der Waals surface area contributed by atoms with Crippen LogP contribution in [0, 0.1) is 0 Å². The van der Waals surface area contributed by atoms with Crippen LogP contribution in [0.1, 0.15) is 254 Å². The molecule has 0 amide bonds. The van der Waals surface area contributed by atoms with Crippen molar-refractivity contribution in [1.29, 1.82) is 0 Å². The number of ether oxygens (including phenoxy) is 4. The van der Waals surface area contributed by atoms with Crippen LogP contribution in [0.3, 0.4) is 0 Å². The van der Waals surface area contributed by atoms with Gasteiger partial charge in [0.15, 0.2) is 34.6 Å². The first-order chi connectivity index (χ1) is 33.5. The Labute approximate surface area is 417 Å². The molecule has 0 aliphatic rings. The van der Waals surface area contributed by atoms with Crippen LogP contribution in [-0.4, -0.2) is 51.1 Å². The van der Waals surface area contributed by atoms with Crippen molar-refractivity contribution >= 4 is 11.6 Å². The van der Waals surface area contributed by atoms with Crippen molar-refractivity contribution < 1.29 is 28.5 Å². The molecule has 8 heteroatoms. The molecule has 2 aromatic carbocycles. The lowest BCUT2D eigenvalue weighted by Crippen LogP contribution is -2.20. The normalized spacial score (nSPS) is 11.4. The number of hydrogen-bond donors (Lipinski definition) is 2. The van der Waals surface area contributed by atoms with Crippen LogP contribution in [0.5, 0.6) is 23.0 Å². The van der Waals surface area contributed by atoms with Crippen molar-refractivity contribution in [3.8, 4) is 23.0 Å². The van der Waals surface area contributed by atoms with E-state index in [0.29, 0.717) is 73.6 Å². The Balaban J connectivity index is 1.86. The zero-order valence-electron chi connectivity index (χ0n) is 44.1. The lowest BCUT2D eigenvalue weighted by atomic mass is 10.1. The Morgan fingerprint density at radius 1 is 0.353 bits per heavy atom. The van der Waals surface area contributed by atoms with Crippen molar-refractivity contribution in [2.75, 3.05) is 39.5 Å². The van der Waals surface area contributed by atoms with E-state index in [0.717, 1.165) is 38.5 Å². The quantitative estimate of drug-likeness (QED) is 0.0385. The molecule has 2 aromatic rings. The van der Waals surface area contributed by atoms with Gasteiger partial charge in [0, 0.05) is 48.8 Å². The highest BCUT2D eigenvalue weighted by atomic mass is 16.5. The minimum Gasteiger partial charge on any atom is -0.490 e. The molecule has 0 saturated carbocycles. The van der Waals surface area contributed by atoms with Crippen molar-refractivity contribution in [2.24, 2.45) is 0 Å². The highest BCUT2D eigenvalue weighted by Gasteiger charge is 2.13. The van der Waals surface area contributed by atoms with E-state index in [2.05, 4.69) is 38.3 Å². The van der Waals surface area contributed by atoms with Crippen molar-refractivity contribution in [3.63, 3.8) is 0 Å². The fourth-order valence-electron chi connectivity index (χ4n) is 8.23. The summed E-state index contributed by atoms with van der Waals surface area (Å²) in [7, 11) is 0. The maximum Gasteiger partial charge on any atom is 0.187 e. The maximum absolute atomic E-state index is 13.2. The molecule has 386 valence electrons. The number of allylic oxidation sites excluding steroid dienone is 2. The Hall–Kier alpha value is -3.94. The summed E-state index contributed by atoms with van der Waals surface area (Å²) in [4.78, 5) is 26.4. The topological polar surface area (TPSA) is 95.1 Å². The molecular formula is C60H100N2O6. The molecular weight excluding hydrogens is 845 g/mol. The standard InChI is InChI=1S/C60H100N2O6/c1-5-9-13-17-21-25-29-33-47-65-57-39-37-53(51-59(57)67-49-35-31-27-23-19-15-11-7-3)55(63)41-43-61-45-46-62-44-42-56(64)54-38-40-58(66-48-34-30-26-22-18-14-10-6-2)60(52-54)68-50-36-32-28-24-20-16-12-8-4/h37-44,51-52,61-62H,5-36,45-50H2,1-4H3/b43-41+,44-42+. The molecule has 0 spiro atoms. The van der Waals surface area contributed by atoms with Crippen molar-refractivity contribution in [2.45, 2.75) is 233 Å². The van der Waals surface area contributed by atoms with E-state index in [1.54, 1.807) is 24.6 Å². The van der Waals surface area contributed by atoms with Gasteiger partial charge >= 0.3 is 0 Å². The summed E-state index contributed by atoms with van der Waals surface area (Å²) in [6, 6.07) is 11.1. The Kier molecular flexibility index (Phi) is 39.2. The number of hydrogen-bond acceptors (Lipinski definition) is 8. The van der Waals surface area contributed by atoms with Crippen molar-refractivity contribution in [3.05, 3.63) is 72.1 Å². The first-order valence-electron chi connectivity index (χ1n) is 28.2. The smallest absolute Gasteiger partial charge is 0.187 e. The van der Waals surface area contributed by atoms with Crippen LogP contribution >= 0.6 is 0 Å². The van der Waals surface area contributed by atoms with Gasteiger partial charge in [-0.1, -0.05) is 207 Å². The van der Waals surface area contributed by atoms with Gasteiger partial charge in [-0.2, -0.15) is 0 Å². The van der Waals surface area contributed by atoms with E-state index in [-0.39, 0.29) is 11.6 Å². The highest BCUT2D eigenvalue weighted by Crippen LogP contribution is 2.31. The number of ketones is 2. The SMILES string of the molecule is CCCCCCCCCCOc1ccc(C(=O)/C=C/NCCN/C=C/C(=O)c2ccc(OCCCCCCCCCC)c(OCCCCCCCCCC)c2)cc1OCCCCCCCCCC. The predicted molar refractivity (Wildman–Crippen MR) is 288 cm³/mol. The zero-order valence-corrected chi connectivity index (χ0v) is 44.1. The third kappa shape index (κ3) is 32.0. The van der Waals surface area contributed by atoms with E-state index in [9.17, 15) is 9.59 Å². The molecule has 0 unspecified atom stereocenters.